The molecule has 1 aromatic heterocycles. The molecule has 0 saturated carbocycles. The highest BCUT2D eigenvalue weighted by Crippen LogP contribution is 2.28. The van der Waals surface area contributed by atoms with Crippen molar-refractivity contribution in [3.8, 4) is 5.88 Å². The molecule has 1 heterocycles. The summed E-state index contributed by atoms with van der Waals surface area (Å²) in [5.41, 5.74) is 0. The third kappa shape index (κ3) is 1.34. The Kier molecular flexibility index (Phi) is 2.73. The average molecular weight is 271 g/mol. The number of halogens is 2. The van der Waals surface area contributed by atoms with E-state index in [-0.39, 0.29) is 0 Å². The maximum atomic E-state index is 4.87. The standard InChI is InChI=1S/C5H5Br2NO2/c1-9-5-4(7)3(2-6)10-8-5/h2H2,1H3. The van der Waals surface area contributed by atoms with Crippen LogP contribution in [0.15, 0.2) is 9.00 Å². The quantitative estimate of drug-likeness (QED) is 0.774. The van der Waals surface area contributed by atoms with Crippen molar-refractivity contribution in [3.63, 3.8) is 0 Å². The molecule has 0 N–H and O–H groups in total. The van der Waals surface area contributed by atoms with E-state index >= 15 is 0 Å². The molecule has 1 rings (SSSR count). The lowest BCUT2D eigenvalue weighted by atomic mass is 10.5. The van der Waals surface area contributed by atoms with Crippen molar-refractivity contribution >= 4 is 31.9 Å². The highest BCUT2D eigenvalue weighted by molar-refractivity contribution is 9.10. The summed E-state index contributed by atoms with van der Waals surface area (Å²) in [4.78, 5) is 0. The normalized spacial score (nSPS) is 9.90. The molecule has 56 valence electrons. The number of ether oxygens (including phenoxy) is 1. The van der Waals surface area contributed by atoms with E-state index in [1.165, 1.54) is 0 Å². The molecule has 0 unspecified atom stereocenters. The van der Waals surface area contributed by atoms with Crippen LogP contribution in [0.3, 0.4) is 0 Å². The predicted octanol–water partition coefficient (Wildman–Crippen LogP) is 2.34. The fourth-order valence-electron chi connectivity index (χ4n) is 0.506. The van der Waals surface area contributed by atoms with E-state index in [9.17, 15) is 0 Å². The first-order valence-corrected chi connectivity index (χ1v) is 4.45. The molecule has 0 bridgehead atoms. The molecule has 0 aliphatic carbocycles. The lowest BCUT2D eigenvalue weighted by Crippen LogP contribution is -1.81. The van der Waals surface area contributed by atoms with Crippen LogP contribution in [0.1, 0.15) is 5.76 Å². The summed E-state index contributed by atoms with van der Waals surface area (Å²) in [5.74, 6) is 1.21. The maximum Gasteiger partial charge on any atom is 0.268 e. The summed E-state index contributed by atoms with van der Waals surface area (Å²) in [5, 5.41) is 4.26. The summed E-state index contributed by atoms with van der Waals surface area (Å²) in [6.45, 7) is 0. The van der Waals surface area contributed by atoms with Gasteiger partial charge in [-0.15, -0.1) is 0 Å². The molecule has 0 aliphatic heterocycles. The number of methoxy groups -OCH3 is 1. The molecule has 0 saturated heterocycles. The van der Waals surface area contributed by atoms with Crippen molar-refractivity contribution in [2.75, 3.05) is 7.11 Å². The molecule has 0 atom stereocenters. The summed E-state index contributed by atoms with van der Waals surface area (Å²) in [7, 11) is 1.54. The lowest BCUT2D eigenvalue weighted by Gasteiger charge is -1.89. The second kappa shape index (κ2) is 3.39. The Morgan fingerprint density at radius 3 is 2.70 bits per heavy atom. The van der Waals surface area contributed by atoms with Gasteiger partial charge in [-0.1, -0.05) is 15.9 Å². The van der Waals surface area contributed by atoms with Crippen molar-refractivity contribution in [1.82, 2.24) is 5.16 Å². The number of rotatable bonds is 2. The summed E-state index contributed by atoms with van der Waals surface area (Å²) in [6.07, 6.45) is 0. The lowest BCUT2D eigenvalue weighted by molar-refractivity contribution is 0.330. The van der Waals surface area contributed by atoms with Crippen molar-refractivity contribution in [1.29, 1.82) is 0 Å². The Hall–Kier alpha value is -0.0300. The van der Waals surface area contributed by atoms with Gasteiger partial charge < -0.3 is 9.26 Å². The molecule has 10 heavy (non-hydrogen) atoms. The van der Waals surface area contributed by atoms with E-state index in [1.807, 2.05) is 0 Å². The molecular formula is C5H5Br2NO2. The van der Waals surface area contributed by atoms with Crippen molar-refractivity contribution < 1.29 is 9.26 Å². The van der Waals surface area contributed by atoms with Crippen LogP contribution in [0.5, 0.6) is 5.88 Å². The van der Waals surface area contributed by atoms with Gasteiger partial charge in [0.2, 0.25) is 0 Å². The fraction of sp³-hybridized carbons (Fsp3) is 0.400. The van der Waals surface area contributed by atoms with E-state index in [0.717, 1.165) is 10.2 Å². The van der Waals surface area contributed by atoms with Gasteiger partial charge in [0.25, 0.3) is 5.88 Å². The van der Waals surface area contributed by atoms with Crippen molar-refractivity contribution in [2.24, 2.45) is 0 Å². The van der Waals surface area contributed by atoms with Crippen LogP contribution in [0.25, 0.3) is 0 Å². The van der Waals surface area contributed by atoms with Crippen LogP contribution < -0.4 is 4.74 Å². The molecule has 5 heteroatoms. The zero-order chi connectivity index (χ0) is 7.56. The smallest absolute Gasteiger partial charge is 0.268 e. The fourth-order valence-corrected chi connectivity index (χ4v) is 1.71. The van der Waals surface area contributed by atoms with Crippen LogP contribution in [0.2, 0.25) is 0 Å². The molecule has 0 spiro atoms. The van der Waals surface area contributed by atoms with Gasteiger partial charge in [-0.3, -0.25) is 0 Å². The number of alkyl halides is 1. The van der Waals surface area contributed by atoms with Crippen LogP contribution in [0, 0.1) is 0 Å². The van der Waals surface area contributed by atoms with Gasteiger partial charge in [0, 0.05) is 0 Å². The first-order chi connectivity index (χ1) is 4.79. The van der Waals surface area contributed by atoms with Crippen LogP contribution in [-0.4, -0.2) is 12.3 Å². The number of nitrogens with zero attached hydrogens (tertiary/aromatic N) is 1. The highest BCUT2D eigenvalue weighted by Gasteiger charge is 2.11. The minimum Gasteiger partial charge on any atom is -0.478 e. The van der Waals surface area contributed by atoms with Gasteiger partial charge in [-0.05, 0) is 21.1 Å². The molecule has 0 amide bonds. The molecule has 1 aromatic rings. The van der Waals surface area contributed by atoms with Crippen LogP contribution in [0.4, 0.5) is 0 Å². The van der Waals surface area contributed by atoms with E-state index in [4.69, 9.17) is 9.26 Å². The van der Waals surface area contributed by atoms with Crippen LogP contribution in [-0.2, 0) is 5.33 Å². The Morgan fingerprint density at radius 1 is 1.70 bits per heavy atom. The SMILES string of the molecule is COc1noc(CBr)c1Br. The van der Waals surface area contributed by atoms with Crippen molar-refractivity contribution in [3.05, 3.63) is 10.2 Å². The van der Waals surface area contributed by atoms with Gasteiger partial charge in [0.05, 0.1) is 12.4 Å². The van der Waals surface area contributed by atoms with Crippen LogP contribution >= 0.6 is 31.9 Å². The van der Waals surface area contributed by atoms with Gasteiger partial charge in [0.1, 0.15) is 4.47 Å². The third-order valence-corrected chi connectivity index (χ3v) is 2.28. The largest absolute Gasteiger partial charge is 0.478 e. The average Bonchev–Trinajstić information content (AvgIpc) is 2.30. The highest BCUT2D eigenvalue weighted by atomic mass is 79.9. The molecule has 0 fully saturated rings. The zero-order valence-corrected chi connectivity index (χ0v) is 8.40. The summed E-state index contributed by atoms with van der Waals surface area (Å²) < 4.78 is 10.5. The first-order valence-electron chi connectivity index (χ1n) is 2.53. The number of hydrogen-bond acceptors (Lipinski definition) is 3. The molecule has 0 aliphatic rings. The number of hydrogen-bond donors (Lipinski definition) is 0. The Morgan fingerprint density at radius 2 is 2.40 bits per heavy atom. The molecular weight excluding hydrogens is 266 g/mol. The summed E-state index contributed by atoms with van der Waals surface area (Å²) in [6, 6.07) is 0. The number of aromatic nitrogens is 1. The zero-order valence-electron chi connectivity index (χ0n) is 5.23. The Bertz CT molecular complexity index is 202. The maximum absolute atomic E-state index is 4.87. The van der Waals surface area contributed by atoms with E-state index < -0.39 is 0 Å². The minimum absolute atomic E-state index is 0.481. The van der Waals surface area contributed by atoms with E-state index in [0.29, 0.717) is 11.2 Å². The van der Waals surface area contributed by atoms with Gasteiger partial charge in [0.15, 0.2) is 5.76 Å². The minimum atomic E-state index is 0.481. The van der Waals surface area contributed by atoms with Gasteiger partial charge in [-0.2, -0.15) is 0 Å². The van der Waals surface area contributed by atoms with E-state index in [2.05, 4.69) is 37.0 Å². The van der Waals surface area contributed by atoms with Crippen molar-refractivity contribution in [2.45, 2.75) is 5.33 Å². The Balaban J connectivity index is 2.97. The van der Waals surface area contributed by atoms with Gasteiger partial charge >= 0.3 is 0 Å². The predicted molar refractivity (Wildman–Crippen MR) is 43.4 cm³/mol. The van der Waals surface area contributed by atoms with Gasteiger partial charge in [-0.25, -0.2) is 0 Å². The molecule has 0 radical (unpaired) electrons. The topological polar surface area (TPSA) is 35.3 Å². The van der Waals surface area contributed by atoms with E-state index in [1.54, 1.807) is 7.11 Å². The third-order valence-electron chi connectivity index (χ3n) is 0.986. The second-order valence-electron chi connectivity index (χ2n) is 1.56. The summed E-state index contributed by atoms with van der Waals surface area (Å²) >= 11 is 6.49. The molecule has 3 nitrogen and oxygen atoms in total. The second-order valence-corrected chi connectivity index (χ2v) is 2.92. The first kappa shape index (κ1) is 8.07. The molecule has 0 aromatic carbocycles. The Labute approximate surface area is 75.0 Å². The monoisotopic (exact) mass is 269 g/mol.